The van der Waals surface area contributed by atoms with E-state index in [4.69, 9.17) is 21.1 Å². The molecule has 5 heteroatoms. The van der Waals surface area contributed by atoms with Crippen LogP contribution in [-0.2, 0) is 18.0 Å². The predicted molar refractivity (Wildman–Crippen MR) is 102 cm³/mol. The number of carbonyl (C=O) groups is 1. The van der Waals surface area contributed by atoms with E-state index in [9.17, 15) is 9.18 Å². The van der Waals surface area contributed by atoms with Crippen LogP contribution in [-0.4, -0.2) is 5.97 Å². The molecule has 0 unspecified atom stereocenters. The van der Waals surface area contributed by atoms with Crippen LogP contribution in [0.1, 0.15) is 27.0 Å². The van der Waals surface area contributed by atoms with Gasteiger partial charge in [-0.2, -0.15) is 0 Å². The van der Waals surface area contributed by atoms with E-state index < -0.39 is 11.8 Å². The molecule has 0 atom stereocenters. The van der Waals surface area contributed by atoms with Crippen LogP contribution in [0.4, 0.5) is 4.39 Å². The van der Waals surface area contributed by atoms with Gasteiger partial charge in [0.2, 0.25) is 0 Å². The first-order valence-electron chi connectivity index (χ1n) is 8.42. The van der Waals surface area contributed by atoms with Crippen LogP contribution in [0.5, 0.6) is 5.75 Å². The lowest BCUT2D eigenvalue weighted by molar-refractivity contribution is 0.0464. The molecular formula is C22H18ClFO3. The molecule has 3 nitrogen and oxygen atoms in total. The topological polar surface area (TPSA) is 35.5 Å². The monoisotopic (exact) mass is 384 g/mol. The maximum Gasteiger partial charge on any atom is 0.342 e. The summed E-state index contributed by atoms with van der Waals surface area (Å²) >= 11 is 5.96. The molecule has 0 radical (unpaired) electrons. The van der Waals surface area contributed by atoms with Crippen molar-refractivity contribution < 1.29 is 18.7 Å². The van der Waals surface area contributed by atoms with Gasteiger partial charge in [-0.1, -0.05) is 59.6 Å². The fourth-order valence-electron chi connectivity index (χ4n) is 2.61. The molecule has 0 bridgehead atoms. The molecule has 138 valence electrons. The second kappa shape index (κ2) is 8.69. The number of hydrogen-bond donors (Lipinski definition) is 0. The SMILES string of the molecule is Cc1cccc(COc2ccccc2C(=O)OCc2c(F)cccc2Cl)c1. The maximum atomic E-state index is 13.8. The number of aryl methyl sites for hydroxylation is 1. The number of para-hydroxylation sites is 1. The van der Waals surface area contributed by atoms with Crippen LogP contribution >= 0.6 is 11.6 Å². The lowest BCUT2D eigenvalue weighted by Crippen LogP contribution is -2.09. The summed E-state index contributed by atoms with van der Waals surface area (Å²) in [5.41, 5.74) is 2.55. The van der Waals surface area contributed by atoms with Crippen molar-refractivity contribution in [3.63, 3.8) is 0 Å². The minimum absolute atomic E-state index is 0.144. The number of ether oxygens (including phenoxy) is 2. The summed E-state index contributed by atoms with van der Waals surface area (Å²) in [6.45, 7) is 2.07. The van der Waals surface area contributed by atoms with Gasteiger partial charge in [0.25, 0.3) is 0 Å². The third kappa shape index (κ3) is 4.86. The summed E-state index contributed by atoms with van der Waals surface area (Å²) < 4.78 is 24.9. The van der Waals surface area contributed by atoms with Crippen LogP contribution in [0, 0.1) is 12.7 Å². The maximum absolute atomic E-state index is 13.8. The normalized spacial score (nSPS) is 10.5. The highest BCUT2D eigenvalue weighted by molar-refractivity contribution is 6.31. The standard InChI is InChI=1S/C22H18ClFO3/c1-15-6-4-7-16(12-15)13-26-21-11-3-2-8-17(21)22(25)27-14-18-19(23)9-5-10-20(18)24/h2-12H,13-14H2,1H3. The third-order valence-corrected chi connectivity index (χ3v) is 4.35. The summed E-state index contributed by atoms with van der Waals surface area (Å²) in [6.07, 6.45) is 0. The highest BCUT2D eigenvalue weighted by atomic mass is 35.5. The van der Waals surface area contributed by atoms with E-state index >= 15 is 0 Å². The molecule has 0 aliphatic carbocycles. The number of carbonyl (C=O) groups excluding carboxylic acids is 1. The van der Waals surface area contributed by atoms with Gasteiger partial charge < -0.3 is 9.47 Å². The number of esters is 1. The van der Waals surface area contributed by atoms with E-state index in [1.165, 1.54) is 12.1 Å². The minimum atomic E-state index is -0.603. The first-order chi connectivity index (χ1) is 13.0. The van der Waals surface area contributed by atoms with Gasteiger partial charge in [0.1, 0.15) is 30.3 Å². The van der Waals surface area contributed by atoms with Gasteiger partial charge in [-0.15, -0.1) is 0 Å². The lowest BCUT2D eigenvalue weighted by atomic mass is 10.1. The first kappa shape index (κ1) is 18.9. The molecule has 3 rings (SSSR count). The Hall–Kier alpha value is -2.85. The largest absolute Gasteiger partial charge is 0.488 e. The number of hydrogen-bond acceptors (Lipinski definition) is 3. The average molecular weight is 385 g/mol. The molecule has 0 aliphatic rings. The van der Waals surface area contributed by atoms with Crippen molar-refractivity contribution in [2.24, 2.45) is 0 Å². The van der Waals surface area contributed by atoms with E-state index in [-0.39, 0.29) is 22.8 Å². The Morgan fingerprint density at radius 2 is 1.78 bits per heavy atom. The van der Waals surface area contributed by atoms with Crippen molar-refractivity contribution in [1.29, 1.82) is 0 Å². The minimum Gasteiger partial charge on any atom is -0.488 e. The Labute approximate surface area is 162 Å². The van der Waals surface area contributed by atoms with Crippen molar-refractivity contribution in [1.82, 2.24) is 0 Å². The van der Waals surface area contributed by atoms with Crippen LogP contribution in [0.2, 0.25) is 5.02 Å². The molecule has 3 aromatic carbocycles. The molecule has 0 saturated heterocycles. The van der Waals surface area contributed by atoms with Crippen LogP contribution in [0.15, 0.2) is 66.7 Å². The van der Waals surface area contributed by atoms with Crippen molar-refractivity contribution in [3.05, 3.63) is 99.8 Å². The number of benzene rings is 3. The summed E-state index contributed by atoms with van der Waals surface area (Å²) in [5, 5.41) is 0.215. The van der Waals surface area contributed by atoms with Gasteiger partial charge in [0.05, 0.1) is 5.02 Å². The van der Waals surface area contributed by atoms with Crippen molar-refractivity contribution >= 4 is 17.6 Å². The zero-order chi connectivity index (χ0) is 19.2. The Kier molecular flexibility index (Phi) is 6.09. The van der Waals surface area contributed by atoms with E-state index in [1.807, 2.05) is 31.2 Å². The van der Waals surface area contributed by atoms with Gasteiger partial charge >= 0.3 is 5.97 Å². The molecule has 27 heavy (non-hydrogen) atoms. The van der Waals surface area contributed by atoms with E-state index in [1.54, 1.807) is 30.3 Å². The fourth-order valence-corrected chi connectivity index (χ4v) is 2.83. The number of rotatable bonds is 6. The van der Waals surface area contributed by atoms with E-state index in [2.05, 4.69) is 0 Å². The van der Waals surface area contributed by atoms with Gasteiger partial charge in [0.15, 0.2) is 0 Å². The Balaban J connectivity index is 1.70. The first-order valence-corrected chi connectivity index (χ1v) is 8.80. The molecule has 3 aromatic rings. The van der Waals surface area contributed by atoms with Gasteiger partial charge in [-0.05, 0) is 36.8 Å². The molecule has 0 saturated carbocycles. The highest BCUT2D eigenvalue weighted by Gasteiger charge is 2.16. The molecular weight excluding hydrogens is 367 g/mol. The second-order valence-corrected chi connectivity index (χ2v) is 6.46. The predicted octanol–water partition coefficient (Wildman–Crippen LogP) is 5.72. The third-order valence-electron chi connectivity index (χ3n) is 3.99. The highest BCUT2D eigenvalue weighted by Crippen LogP contribution is 2.23. The smallest absolute Gasteiger partial charge is 0.342 e. The molecule has 0 N–H and O–H groups in total. The number of halogens is 2. The van der Waals surface area contributed by atoms with Crippen molar-refractivity contribution in [2.75, 3.05) is 0 Å². The summed E-state index contributed by atoms with van der Waals surface area (Å²) in [5.74, 6) is -0.711. The Morgan fingerprint density at radius 1 is 1.00 bits per heavy atom. The van der Waals surface area contributed by atoms with Crippen LogP contribution in [0.3, 0.4) is 0 Å². The van der Waals surface area contributed by atoms with Crippen molar-refractivity contribution in [3.8, 4) is 5.75 Å². The quantitative estimate of drug-likeness (QED) is 0.509. The summed E-state index contributed by atoms with van der Waals surface area (Å²) in [4.78, 5) is 12.5. The van der Waals surface area contributed by atoms with E-state index in [0.29, 0.717) is 12.4 Å². The zero-order valence-corrected chi connectivity index (χ0v) is 15.5. The molecule has 0 heterocycles. The Morgan fingerprint density at radius 3 is 2.56 bits per heavy atom. The summed E-state index contributed by atoms with van der Waals surface area (Å²) in [6, 6.07) is 19.0. The zero-order valence-electron chi connectivity index (χ0n) is 14.7. The lowest BCUT2D eigenvalue weighted by Gasteiger charge is -2.12. The van der Waals surface area contributed by atoms with Gasteiger partial charge in [-0.3, -0.25) is 0 Å². The molecule has 0 spiro atoms. The second-order valence-electron chi connectivity index (χ2n) is 6.05. The van der Waals surface area contributed by atoms with E-state index in [0.717, 1.165) is 11.1 Å². The molecule has 0 aliphatic heterocycles. The molecule has 0 fully saturated rings. The fraction of sp³-hybridized carbons (Fsp3) is 0.136. The summed E-state index contributed by atoms with van der Waals surface area (Å²) in [7, 11) is 0. The molecule has 0 amide bonds. The van der Waals surface area contributed by atoms with Crippen molar-refractivity contribution in [2.45, 2.75) is 20.1 Å². The van der Waals surface area contributed by atoms with Crippen LogP contribution in [0.25, 0.3) is 0 Å². The van der Waals surface area contributed by atoms with Gasteiger partial charge in [0, 0.05) is 5.56 Å². The Bertz CT molecular complexity index is 936. The average Bonchev–Trinajstić information content (AvgIpc) is 2.66. The van der Waals surface area contributed by atoms with Crippen LogP contribution < -0.4 is 4.74 Å². The molecule has 0 aromatic heterocycles. The van der Waals surface area contributed by atoms with Gasteiger partial charge in [-0.25, -0.2) is 9.18 Å².